The van der Waals surface area contributed by atoms with Crippen molar-refractivity contribution in [2.45, 2.75) is 58.6 Å². The summed E-state index contributed by atoms with van der Waals surface area (Å²) in [5, 5.41) is 8.11. The summed E-state index contributed by atoms with van der Waals surface area (Å²) in [6.07, 6.45) is 2.05. The van der Waals surface area contributed by atoms with Crippen molar-refractivity contribution in [3.8, 4) is 0 Å². The van der Waals surface area contributed by atoms with E-state index in [1.165, 1.54) is 4.90 Å². The number of likely N-dealkylation sites (N-methyl/N-ethyl adjacent to an activating group) is 1. The highest BCUT2D eigenvalue weighted by molar-refractivity contribution is 5.87. The van der Waals surface area contributed by atoms with Crippen LogP contribution in [0.1, 0.15) is 47.0 Å². The fourth-order valence-corrected chi connectivity index (χ4v) is 2.30. The van der Waals surface area contributed by atoms with E-state index in [0.29, 0.717) is 26.1 Å². The lowest BCUT2D eigenvalue weighted by molar-refractivity contribution is -0.122. The van der Waals surface area contributed by atoms with Crippen LogP contribution in [0.2, 0.25) is 0 Å². The van der Waals surface area contributed by atoms with Crippen molar-refractivity contribution in [1.29, 1.82) is 0 Å². The zero-order chi connectivity index (χ0) is 18.2. The van der Waals surface area contributed by atoms with Crippen LogP contribution in [0.5, 0.6) is 0 Å². The molecule has 1 saturated heterocycles. The minimum Gasteiger partial charge on any atom is -0.444 e. The van der Waals surface area contributed by atoms with Crippen LogP contribution in [0.25, 0.3) is 0 Å². The number of nitrogens with zero attached hydrogens (tertiary/aromatic N) is 1. The van der Waals surface area contributed by atoms with Crippen LogP contribution in [-0.4, -0.2) is 60.8 Å². The van der Waals surface area contributed by atoms with Crippen molar-refractivity contribution in [3.05, 3.63) is 0 Å². The van der Waals surface area contributed by atoms with Crippen LogP contribution >= 0.6 is 0 Å². The minimum atomic E-state index is -0.553. The highest BCUT2D eigenvalue weighted by Crippen LogP contribution is 2.09. The first-order chi connectivity index (χ1) is 11.2. The SMILES string of the molecule is CCN(CCNC(=O)N[C@@H]1CCCCNC1=O)C(=O)OC(C)(C)C. The molecule has 0 unspecified atom stereocenters. The zero-order valence-corrected chi connectivity index (χ0v) is 15.1. The van der Waals surface area contributed by atoms with Gasteiger partial charge in [-0.1, -0.05) is 0 Å². The topological polar surface area (TPSA) is 99.8 Å². The minimum absolute atomic E-state index is 0.147. The lowest BCUT2D eigenvalue weighted by Crippen LogP contribution is -2.50. The van der Waals surface area contributed by atoms with E-state index in [0.717, 1.165) is 12.8 Å². The molecule has 1 atom stereocenters. The fraction of sp³-hybridized carbons (Fsp3) is 0.812. The van der Waals surface area contributed by atoms with Gasteiger partial charge >= 0.3 is 12.1 Å². The maximum Gasteiger partial charge on any atom is 0.410 e. The number of hydrogen-bond acceptors (Lipinski definition) is 4. The number of carbonyl (C=O) groups excluding carboxylic acids is 3. The summed E-state index contributed by atoms with van der Waals surface area (Å²) in [7, 11) is 0. The number of nitrogens with one attached hydrogen (secondary N) is 3. The van der Waals surface area contributed by atoms with Gasteiger partial charge < -0.3 is 25.6 Å². The molecule has 0 radical (unpaired) electrons. The molecule has 0 bridgehead atoms. The van der Waals surface area contributed by atoms with Gasteiger partial charge in [-0.15, -0.1) is 0 Å². The molecule has 3 N–H and O–H groups in total. The summed E-state index contributed by atoms with van der Waals surface area (Å²) in [5.74, 6) is -0.147. The Balaban J connectivity index is 2.35. The second-order valence-corrected chi connectivity index (χ2v) is 6.80. The molecule has 8 heteroatoms. The number of carbonyl (C=O) groups is 3. The maximum absolute atomic E-state index is 12.0. The molecule has 1 fully saturated rings. The van der Waals surface area contributed by atoms with E-state index in [1.54, 1.807) is 0 Å². The molecule has 1 aliphatic heterocycles. The zero-order valence-electron chi connectivity index (χ0n) is 15.1. The standard InChI is InChI=1S/C16H30N4O4/c1-5-20(15(23)24-16(2,3)4)11-10-18-14(22)19-12-8-6-7-9-17-13(12)21/h12H,5-11H2,1-4H3,(H,17,21)(H2,18,19,22)/t12-/m1/s1. The lowest BCUT2D eigenvalue weighted by atomic mass is 10.1. The molecule has 24 heavy (non-hydrogen) atoms. The smallest absolute Gasteiger partial charge is 0.410 e. The van der Waals surface area contributed by atoms with E-state index in [4.69, 9.17) is 4.74 Å². The maximum atomic E-state index is 12.0. The second-order valence-electron chi connectivity index (χ2n) is 6.80. The Morgan fingerprint density at radius 2 is 2.04 bits per heavy atom. The molecule has 0 aliphatic carbocycles. The first kappa shape index (κ1) is 20.1. The van der Waals surface area contributed by atoms with Gasteiger partial charge in [-0.2, -0.15) is 0 Å². The molecule has 1 aliphatic rings. The quantitative estimate of drug-likeness (QED) is 0.699. The number of hydrogen-bond donors (Lipinski definition) is 3. The number of amides is 4. The normalized spacial score (nSPS) is 18.2. The van der Waals surface area contributed by atoms with Gasteiger partial charge in [-0.25, -0.2) is 9.59 Å². The summed E-state index contributed by atoms with van der Waals surface area (Å²) >= 11 is 0. The molecule has 1 heterocycles. The highest BCUT2D eigenvalue weighted by atomic mass is 16.6. The average Bonchev–Trinajstić information content (AvgIpc) is 2.67. The van der Waals surface area contributed by atoms with Gasteiger partial charge in [0.1, 0.15) is 11.6 Å². The predicted molar refractivity (Wildman–Crippen MR) is 90.7 cm³/mol. The summed E-state index contributed by atoms with van der Waals surface area (Å²) in [4.78, 5) is 37.2. The third-order valence-electron chi connectivity index (χ3n) is 3.54. The van der Waals surface area contributed by atoms with Gasteiger partial charge in [0.15, 0.2) is 0 Å². The molecule has 4 amide bonds. The molecule has 138 valence electrons. The molecule has 0 aromatic heterocycles. The van der Waals surface area contributed by atoms with Crippen LogP contribution < -0.4 is 16.0 Å². The summed E-state index contributed by atoms with van der Waals surface area (Å²) < 4.78 is 5.30. The summed E-state index contributed by atoms with van der Waals surface area (Å²) in [5.41, 5.74) is -0.553. The molecule has 0 saturated carbocycles. The van der Waals surface area contributed by atoms with Gasteiger partial charge in [0.2, 0.25) is 5.91 Å². The largest absolute Gasteiger partial charge is 0.444 e. The molecule has 1 rings (SSSR count). The summed E-state index contributed by atoms with van der Waals surface area (Å²) in [6, 6.07) is -0.905. The molecule has 0 spiro atoms. The third kappa shape index (κ3) is 7.52. The highest BCUT2D eigenvalue weighted by Gasteiger charge is 2.23. The Morgan fingerprint density at radius 3 is 2.67 bits per heavy atom. The number of rotatable bonds is 5. The van der Waals surface area contributed by atoms with E-state index >= 15 is 0 Å². The first-order valence-corrected chi connectivity index (χ1v) is 8.53. The van der Waals surface area contributed by atoms with Gasteiger partial charge in [0, 0.05) is 26.2 Å². The van der Waals surface area contributed by atoms with Crippen LogP contribution in [-0.2, 0) is 9.53 Å². The van der Waals surface area contributed by atoms with Crippen molar-refractivity contribution < 1.29 is 19.1 Å². The van der Waals surface area contributed by atoms with Crippen molar-refractivity contribution in [2.24, 2.45) is 0 Å². The van der Waals surface area contributed by atoms with Crippen molar-refractivity contribution in [3.63, 3.8) is 0 Å². The van der Waals surface area contributed by atoms with Crippen molar-refractivity contribution in [2.75, 3.05) is 26.2 Å². The van der Waals surface area contributed by atoms with Crippen LogP contribution in [0, 0.1) is 0 Å². The van der Waals surface area contributed by atoms with Crippen molar-refractivity contribution in [1.82, 2.24) is 20.9 Å². The number of urea groups is 1. The molecule has 0 aromatic rings. The average molecular weight is 342 g/mol. The Morgan fingerprint density at radius 1 is 1.33 bits per heavy atom. The Labute approximate surface area is 143 Å². The Kier molecular flexibility index (Phi) is 7.81. The summed E-state index contributed by atoms with van der Waals surface area (Å²) in [6.45, 7) is 9.04. The Bertz CT molecular complexity index is 448. The predicted octanol–water partition coefficient (Wildman–Crippen LogP) is 1.21. The molecule has 8 nitrogen and oxygen atoms in total. The second kappa shape index (κ2) is 9.34. The van der Waals surface area contributed by atoms with Crippen LogP contribution in [0.15, 0.2) is 0 Å². The Hall–Kier alpha value is -1.99. The monoisotopic (exact) mass is 342 g/mol. The van der Waals surface area contributed by atoms with Crippen molar-refractivity contribution >= 4 is 18.0 Å². The van der Waals surface area contributed by atoms with Gasteiger partial charge in [0.25, 0.3) is 0 Å². The van der Waals surface area contributed by atoms with Gasteiger partial charge in [-0.05, 0) is 47.0 Å². The molecular weight excluding hydrogens is 312 g/mol. The molecular formula is C16H30N4O4. The van der Waals surface area contributed by atoms with Gasteiger partial charge in [-0.3, -0.25) is 4.79 Å². The van der Waals surface area contributed by atoms with E-state index in [2.05, 4.69) is 16.0 Å². The van der Waals surface area contributed by atoms with E-state index < -0.39 is 23.8 Å². The fourth-order valence-electron chi connectivity index (χ4n) is 2.30. The van der Waals surface area contributed by atoms with E-state index in [1.807, 2.05) is 27.7 Å². The van der Waals surface area contributed by atoms with Crippen LogP contribution in [0.3, 0.4) is 0 Å². The van der Waals surface area contributed by atoms with Crippen LogP contribution in [0.4, 0.5) is 9.59 Å². The lowest BCUT2D eigenvalue weighted by Gasteiger charge is -2.26. The van der Waals surface area contributed by atoms with Gasteiger partial charge in [0.05, 0.1) is 0 Å². The molecule has 0 aromatic carbocycles. The number of ether oxygens (including phenoxy) is 1. The van der Waals surface area contributed by atoms with E-state index in [9.17, 15) is 14.4 Å². The first-order valence-electron chi connectivity index (χ1n) is 8.53. The van der Waals surface area contributed by atoms with E-state index in [-0.39, 0.29) is 12.5 Å². The third-order valence-corrected chi connectivity index (χ3v) is 3.54.